The van der Waals surface area contributed by atoms with Crippen LogP contribution in [0.25, 0.3) is 11.3 Å². The minimum atomic E-state index is 0.525. The number of benzene rings is 1. The van der Waals surface area contributed by atoms with Gasteiger partial charge in [-0.3, -0.25) is 0 Å². The highest BCUT2D eigenvalue weighted by Gasteiger charge is 2.11. The van der Waals surface area contributed by atoms with Crippen molar-refractivity contribution in [1.82, 2.24) is 15.0 Å². The molecule has 0 atom stereocenters. The van der Waals surface area contributed by atoms with Crippen LogP contribution >= 0.6 is 22.9 Å². The monoisotopic (exact) mass is 315 g/mol. The van der Waals surface area contributed by atoms with Gasteiger partial charge < -0.3 is 0 Å². The van der Waals surface area contributed by atoms with Crippen molar-refractivity contribution in [2.24, 2.45) is 0 Å². The fourth-order valence-corrected chi connectivity index (χ4v) is 3.14. The second kappa shape index (κ2) is 5.92. The van der Waals surface area contributed by atoms with Gasteiger partial charge in [0.2, 0.25) is 0 Å². The van der Waals surface area contributed by atoms with E-state index in [0.717, 1.165) is 27.5 Å². The topological polar surface area (TPSA) is 38.7 Å². The molecule has 1 aromatic carbocycles. The van der Waals surface area contributed by atoms with Gasteiger partial charge in [0.25, 0.3) is 0 Å². The predicted molar refractivity (Wildman–Crippen MR) is 86.9 cm³/mol. The van der Waals surface area contributed by atoms with Crippen LogP contribution in [0.4, 0.5) is 0 Å². The van der Waals surface area contributed by atoms with Crippen LogP contribution in [0.2, 0.25) is 5.15 Å². The molecule has 0 unspecified atom stereocenters. The summed E-state index contributed by atoms with van der Waals surface area (Å²) in [5.74, 6) is 0.695. The molecule has 5 heteroatoms. The van der Waals surface area contributed by atoms with Crippen molar-refractivity contribution >= 4 is 22.9 Å². The van der Waals surface area contributed by atoms with Gasteiger partial charge in [-0.1, -0.05) is 41.9 Å². The first-order chi connectivity index (χ1) is 10.1. The van der Waals surface area contributed by atoms with E-state index in [9.17, 15) is 0 Å². The van der Waals surface area contributed by atoms with Crippen molar-refractivity contribution < 1.29 is 0 Å². The Hall–Kier alpha value is -1.78. The molecule has 2 heterocycles. The second-order valence-electron chi connectivity index (χ2n) is 4.80. The fourth-order valence-electron chi connectivity index (χ4n) is 2.10. The molecule has 0 amide bonds. The van der Waals surface area contributed by atoms with Crippen molar-refractivity contribution in [3.63, 3.8) is 0 Å². The van der Waals surface area contributed by atoms with Gasteiger partial charge in [0.05, 0.1) is 16.4 Å². The molecule has 0 fully saturated rings. The standard InChI is InChI=1S/C16H14ClN3S/c1-10-13(18-11(2)19-16(10)17)8-15-20-14(9-21-15)12-6-4-3-5-7-12/h3-7,9H,8H2,1-2H3. The molecular formula is C16H14ClN3S. The van der Waals surface area contributed by atoms with Gasteiger partial charge in [0.15, 0.2) is 0 Å². The molecule has 0 radical (unpaired) electrons. The Bertz CT molecular complexity index is 768. The molecule has 2 aromatic heterocycles. The average Bonchev–Trinajstić information content (AvgIpc) is 2.94. The Kier molecular flexibility index (Phi) is 3.99. The molecule has 3 nitrogen and oxygen atoms in total. The van der Waals surface area contributed by atoms with Crippen molar-refractivity contribution in [3.05, 3.63) is 63.0 Å². The van der Waals surface area contributed by atoms with Crippen LogP contribution in [0, 0.1) is 13.8 Å². The Morgan fingerprint density at radius 3 is 2.57 bits per heavy atom. The molecule has 21 heavy (non-hydrogen) atoms. The van der Waals surface area contributed by atoms with Crippen molar-refractivity contribution in [3.8, 4) is 11.3 Å². The zero-order valence-electron chi connectivity index (χ0n) is 11.8. The Morgan fingerprint density at radius 1 is 1.05 bits per heavy atom. The van der Waals surface area contributed by atoms with E-state index in [1.807, 2.05) is 32.0 Å². The van der Waals surface area contributed by atoms with E-state index in [2.05, 4.69) is 27.5 Å². The fraction of sp³-hybridized carbons (Fsp3) is 0.188. The van der Waals surface area contributed by atoms with Gasteiger partial charge in [-0.15, -0.1) is 11.3 Å². The van der Waals surface area contributed by atoms with Crippen LogP contribution in [0.5, 0.6) is 0 Å². The molecular weight excluding hydrogens is 302 g/mol. The summed E-state index contributed by atoms with van der Waals surface area (Å²) in [7, 11) is 0. The van der Waals surface area contributed by atoms with E-state index < -0.39 is 0 Å². The number of hydrogen-bond donors (Lipinski definition) is 0. The van der Waals surface area contributed by atoms with Gasteiger partial charge in [0, 0.05) is 22.9 Å². The summed E-state index contributed by atoms with van der Waals surface area (Å²) in [5.41, 5.74) is 4.01. The van der Waals surface area contributed by atoms with Gasteiger partial charge in [-0.25, -0.2) is 15.0 Å². The van der Waals surface area contributed by atoms with Crippen molar-refractivity contribution in [2.45, 2.75) is 20.3 Å². The van der Waals surface area contributed by atoms with Crippen molar-refractivity contribution in [1.29, 1.82) is 0 Å². The summed E-state index contributed by atoms with van der Waals surface area (Å²) in [6.07, 6.45) is 0.687. The number of rotatable bonds is 3. The zero-order chi connectivity index (χ0) is 14.8. The summed E-state index contributed by atoms with van der Waals surface area (Å²) in [4.78, 5) is 13.3. The minimum absolute atomic E-state index is 0.525. The summed E-state index contributed by atoms with van der Waals surface area (Å²) >= 11 is 7.76. The zero-order valence-corrected chi connectivity index (χ0v) is 13.4. The highest BCUT2D eigenvalue weighted by atomic mass is 35.5. The summed E-state index contributed by atoms with van der Waals surface area (Å²) in [6.45, 7) is 3.80. The van der Waals surface area contributed by atoms with E-state index in [-0.39, 0.29) is 0 Å². The summed E-state index contributed by atoms with van der Waals surface area (Å²) < 4.78 is 0. The van der Waals surface area contributed by atoms with Crippen LogP contribution in [0.3, 0.4) is 0 Å². The molecule has 0 bridgehead atoms. The highest BCUT2D eigenvalue weighted by Crippen LogP contribution is 2.24. The number of halogens is 1. The van der Waals surface area contributed by atoms with Crippen LogP contribution in [-0.4, -0.2) is 15.0 Å². The third kappa shape index (κ3) is 3.12. The van der Waals surface area contributed by atoms with E-state index in [1.54, 1.807) is 11.3 Å². The smallest absolute Gasteiger partial charge is 0.135 e. The average molecular weight is 316 g/mol. The third-order valence-corrected chi connectivity index (χ3v) is 4.46. The lowest BCUT2D eigenvalue weighted by Crippen LogP contribution is -2.01. The number of aromatic nitrogens is 3. The first-order valence-electron chi connectivity index (χ1n) is 6.63. The lowest BCUT2D eigenvalue weighted by molar-refractivity contribution is 0.939. The minimum Gasteiger partial charge on any atom is -0.241 e. The molecule has 3 aromatic rings. The van der Waals surface area contributed by atoms with E-state index >= 15 is 0 Å². The molecule has 0 aliphatic heterocycles. The molecule has 106 valence electrons. The Morgan fingerprint density at radius 2 is 1.81 bits per heavy atom. The predicted octanol–water partition coefficient (Wildman–Crippen LogP) is 4.46. The Labute approximate surface area is 132 Å². The maximum Gasteiger partial charge on any atom is 0.135 e. The number of aryl methyl sites for hydroxylation is 1. The second-order valence-corrected chi connectivity index (χ2v) is 6.10. The molecule has 3 rings (SSSR count). The van der Waals surface area contributed by atoms with Crippen LogP contribution in [-0.2, 0) is 6.42 Å². The van der Waals surface area contributed by atoms with Crippen LogP contribution < -0.4 is 0 Å². The molecule has 0 saturated carbocycles. The van der Waals surface area contributed by atoms with E-state index in [0.29, 0.717) is 17.4 Å². The highest BCUT2D eigenvalue weighted by molar-refractivity contribution is 7.10. The van der Waals surface area contributed by atoms with Gasteiger partial charge in [-0.05, 0) is 13.8 Å². The van der Waals surface area contributed by atoms with Crippen molar-refractivity contribution in [2.75, 3.05) is 0 Å². The maximum atomic E-state index is 6.12. The normalized spacial score (nSPS) is 10.8. The number of thiazole rings is 1. The first-order valence-corrected chi connectivity index (χ1v) is 7.88. The van der Waals surface area contributed by atoms with E-state index in [4.69, 9.17) is 16.6 Å². The molecule has 0 saturated heterocycles. The Balaban J connectivity index is 1.89. The SMILES string of the molecule is Cc1nc(Cl)c(C)c(Cc2nc(-c3ccccc3)cs2)n1. The number of hydrogen-bond acceptors (Lipinski definition) is 4. The summed E-state index contributed by atoms with van der Waals surface area (Å²) in [6, 6.07) is 10.2. The van der Waals surface area contributed by atoms with Gasteiger partial charge >= 0.3 is 0 Å². The lowest BCUT2D eigenvalue weighted by atomic mass is 10.2. The molecule has 0 aliphatic rings. The third-order valence-electron chi connectivity index (χ3n) is 3.24. The largest absolute Gasteiger partial charge is 0.241 e. The summed E-state index contributed by atoms with van der Waals surface area (Å²) in [5, 5.41) is 3.64. The van der Waals surface area contributed by atoms with Crippen LogP contribution in [0.1, 0.15) is 22.1 Å². The molecule has 0 spiro atoms. The quantitative estimate of drug-likeness (QED) is 0.670. The molecule has 0 N–H and O–H groups in total. The van der Waals surface area contributed by atoms with Crippen LogP contribution in [0.15, 0.2) is 35.7 Å². The maximum absolute atomic E-state index is 6.12. The number of nitrogens with zero attached hydrogens (tertiary/aromatic N) is 3. The first kappa shape index (κ1) is 14.2. The molecule has 0 aliphatic carbocycles. The van der Waals surface area contributed by atoms with E-state index in [1.165, 1.54) is 0 Å². The van der Waals surface area contributed by atoms with Gasteiger partial charge in [-0.2, -0.15) is 0 Å². The van der Waals surface area contributed by atoms with Gasteiger partial charge in [0.1, 0.15) is 11.0 Å². The lowest BCUT2D eigenvalue weighted by Gasteiger charge is -2.05.